The second-order valence-corrected chi connectivity index (χ2v) is 2.62. The highest BCUT2D eigenvalue weighted by atomic mass is 19.3. The SMILES string of the molecule is COc1c(C)ccc(C(F)F)c1F. The number of halogens is 3. The maximum absolute atomic E-state index is 13.2. The summed E-state index contributed by atoms with van der Waals surface area (Å²) in [7, 11) is 1.25. The zero-order valence-corrected chi connectivity index (χ0v) is 7.27. The maximum Gasteiger partial charge on any atom is 0.266 e. The molecule has 4 heteroatoms. The lowest BCUT2D eigenvalue weighted by molar-refractivity contribution is 0.145. The van der Waals surface area contributed by atoms with Crippen molar-refractivity contribution in [3.05, 3.63) is 29.1 Å². The van der Waals surface area contributed by atoms with Crippen LogP contribution in [0.3, 0.4) is 0 Å². The first-order chi connectivity index (χ1) is 6.07. The van der Waals surface area contributed by atoms with Crippen LogP contribution in [-0.2, 0) is 0 Å². The minimum atomic E-state index is -2.81. The lowest BCUT2D eigenvalue weighted by Crippen LogP contribution is -1.97. The molecule has 0 aliphatic heterocycles. The molecule has 0 bridgehead atoms. The van der Waals surface area contributed by atoms with Crippen LogP contribution in [0, 0.1) is 12.7 Å². The maximum atomic E-state index is 13.2. The van der Waals surface area contributed by atoms with E-state index in [-0.39, 0.29) is 5.75 Å². The van der Waals surface area contributed by atoms with Gasteiger partial charge in [-0.1, -0.05) is 6.07 Å². The van der Waals surface area contributed by atoms with Crippen LogP contribution >= 0.6 is 0 Å². The number of hydrogen-bond acceptors (Lipinski definition) is 1. The third kappa shape index (κ3) is 1.76. The Kier molecular flexibility index (Phi) is 2.80. The van der Waals surface area contributed by atoms with Gasteiger partial charge in [0.15, 0.2) is 11.6 Å². The zero-order chi connectivity index (χ0) is 10.0. The number of alkyl halides is 2. The van der Waals surface area contributed by atoms with Gasteiger partial charge < -0.3 is 4.74 Å². The van der Waals surface area contributed by atoms with Gasteiger partial charge in [-0.25, -0.2) is 13.2 Å². The molecule has 0 amide bonds. The average molecular weight is 190 g/mol. The number of benzene rings is 1. The van der Waals surface area contributed by atoms with Gasteiger partial charge >= 0.3 is 0 Å². The third-order valence-electron chi connectivity index (χ3n) is 1.76. The second-order valence-electron chi connectivity index (χ2n) is 2.62. The van der Waals surface area contributed by atoms with Crippen molar-refractivity contribution >= 4 is 0 Å². The fourth-order valence-corrected chi connectivity index (χ4v) is 1.09. The monoisotopic (exact) mass is 190 g/mol. The van der Waals surface area contributed by atoms with Gasteiger partial charge in [-0.05, 0) is 18.6 Å². The summed E-state index contributed by atoms with van der Waals surface area (Å²) < 4.78 is 42.2. The summed E-state index contributed by atoms with van der Waals surface area (Å²) >= 11 is 0. The predicted molar refractivity (Wildman–Crippen MR) is 42.6 cm³/mol. The van der Waals surface area contributed by atoms with Gasteiger partial charge in [0.25, 0.3) is 6.43 Å². The fraction of sp³-hybridized carbons (Fsp3) is 0.333. The van der Waals surface area contributed by atoms with Gasteiger partial charge in [0, 0.05) is 0 Å². The molecule has 1 aromatic carbocycles. The Morgan fingerprint density at radius 2 is 1.92 bits per heavy atom. The van der Waals surface area contributed by atoms with Crippen LogP contribution in [0.1, 0.15) is 17.6 Å². The molecular weight excluding hydrogens is 181 g/mol. The molecular formula is C9H9F3O. The van der Waals surface area contributed by atoms with Gasteiger partial charge in [-0.15, -0.1) is 0 Å². The smallest absolute Gasteiger partial charge is 0.266 e. The van der Waals surface area contributed by atoms with E-state index in [1.807, 2.05) is 0 Å². The number of rotatable bonds is 2. The standard InChI is InChI=1S/C9H9F3O/c1-5-3-4-6(9(11)12)7(10)8(5)13-2/h3-4,9H,1-2H3. The molecule has 0 aliphatic rings. The predicted octanol–water partition coefficient (Wildman–Crippen LogP) is 3.08. The number of ether oxygens (including phenoxy) is 1. The Balaban J connectivity index is 3.27. The Labute approximate surface area is 74.1 Å². The number of hydrogen-bond donors (Lipinski definition) is 0. The normalized spacial score (nSPS) is 10.6. The van der Waals surface area contributed by atoms with Crippen molar-refractivity contribution in [2.45, 2.75) is 13.3 Å². The molecule has 13 heavy (non-hydrogen) atoms. The highest BCUT2D eigenvalue weighted by molar-refractivity contribution is 5.38. The molecule has 0 saturated heterocycles. The first-order valence-corrected chi connectivity index (χ1v) is 3.69. The summed E-state index contributed by atoms with van der Waals surface area (Å²) in [4.78, 5) is 0. The molecule has 0 aromatic heterocycles. The van der Waals surface area contributed by atoms with Crippen molar-refractivity contribution in [2.75, 3.05) is 7.11 Å². The molecule has 0 atom stereocenters. The average Bonchev–Trinajstić information content (AvgIpc) is 2.04. The molecule has 0 heterocycles. The molecule has 0 radical (unpaired) electrons. The van der Waals surface area contributed by atoms with E-state index in [1.165, 1.54) is 13.2 Å². The lowest BCUT2D eigenvalue weighted by Gasteiger charge is -2.09. The highest BCUT2D eigenvalue weighted by Crippen LogP contribution is 2.30. The molecule has 0 spiro atoms. The van der Waals surface area contributed by atoms with E-state index in [0.29, 0.717) is 5.56 Å². The lowest BCUT2D eigenvalue weighted by atomic mass is 10.1. The third-order valence-corrected chi connectivity index (χ3v) is 1.76. The zero-order valence-electron chi connectivity index (χ0n) is 7.27. The van der Waals surface area contributed by atoms with E-state index in [0.717, 1.165) is 6.07 Å². The van der Waals surface area contributed by atoms with Crippen LogP contribution in [-0.4, -0.2) is 7.11 Å². The van der Waals surface area contributed by atoms with E-state index in [2.05, 4.69) is 4.74 Å². The van der Waals surface area contributed by atoms with Gasteiger partial charge in [-0.3, -0.25) is 0 Å². The minimum Gasteiger partial charge on any atom is -0.493 e. The molecule has 0 saturated carbocycles. The quantitative estimate of drug-likeness (QED) is 0.696. The van der Waals surface area contributed by atoms with Crippen LogP contribution < -0.4 is 4.74 Å². The van der Waals surface area contributed by atoms with Crippen LogP contribution in [0.5, 0.6) is 5.75 Å². The van der Waals surface area contributed by atoms with Crippen molar-refractivity contribution in [2.24, 2.45) is 0 Å². The Hall–Kier alpha value is -1.19. The van der Waals surface area contributed by atoms with E-state index in [4.69, 9.17) is 0 Å². The molecule has 0 aliphatic carbocycles. The van der Waals surface area contributed by atoms with Gasteiger partial charge in [0.05, 0.1) is 12.7 Å². The summed E-state index contributed by atoms with van der Waals surface area (Å²) in [6.45, 7) is 1.59. The number of aryl methyl sites for hydroxylation is 1. The van der Waals surface area contributed by atoms with Crippen LogP contribution in [0.15, 0.2) is 12.1 Å². The molecule has 1 rings (SSSR count). The molecule has 1 nitrogen and oxygen atoms in total. The first-order valence-electron chi connectivity index (χ1n) is 3.69. The largest absolute Gasteiger partial charge is 0.493 e. The molecule has 0 N–H and O–H groups in total. The van der Waals surface area contributed by atoms with E-state index >= 15 is 0 Å². The minimum absolute atomic E-state index is 0.113. The first kappa shape index (κ1) is 9.89. The topological polar surface area (TPSA) is 9.23 Å². The van der Waals surface area contributed by atoms with Gasteiger partial charge in [-0.2, -0.15) is 0 Å². The summed E-state index contributed by atoms with van der Waals surface area (Å²) in [5.41, 5.74) is -0.119. The summed E-state index contributed by atoms with van der Waals surface area (Å²) in [5, 5.41) is 0. The van der Waals surface area contributed by atoms with Crippen LogP contribution in [0.2, 0.25) is 0 Å². The van der Waals surface area contributed by atoms with Crippen molar-refractivity contribution < 1.29 is 17.9 Å². The van der Waals surface area contributed by atoms with E-state index in [1.54, 1.807) is 6.92 Å². The molecule has 0 unspecified atom stereocenters. The number of methoxy groups -OCH3 is 1. The Morgan fingerprint density at radius 3 is 2.38 bits per heavy atom. The Bertz CT molecular complexity index is 310. The molecule has 72 valence electrons. The van der Waals surface area contributed by atoms with Crippen molar-refractivity contribution in [3.8, 4) is 5.75 Å². The van der Waals surface area contributed by atoms with Gasteiger partial charge in [0.1, 0.15) is 0 Å². The van der Waals surface area contributed by atoms with Gasteiger partial charge in [0.2, 0.25) is 0 Å². The highest BCUT2D eigenvalue weighted by Gasteiger charge is 2.18. The Morgan fingerprint density at radius 1 is 1.31 bits per heavy atom. The van der Waals surface area contributed by atoms with Crippen molar-refractivity contribution in [3.63, 3.8) is 0 Å². The van der Waals surface area contributed by atoms with Crippen LogP contribution in [0.4, 0.5) is 13.2 Å². The van der Waals surface area contributed by atoms with E-state index < -0.39 is 17.8 Å². The van der Waals surface area contributed by atoms with E-state index in [9.17, 15) is 13.2 Å². The molecule has 1 aromatic rings. The van der Waals surface area contributed by atoms with Crippen molar-refractivity contribution in [1.29, 1.82) is 0 Å². The fourth-order valence-electron chi connectivity index (χ4n) is 1.09. The van der Waals surface area contributed by atoms with Crippen LogP contribution in [0.25, 0.3) is 0 Å². The van der Waals surface area contributed by atoms with Crippen molar-refractivity contribution in [1.82, 2.24) is 0 Å². The summed E-state index contributed by atoms with van der Waals surface area (Å²) in [6.07, 6.45) is -2.81. The molecule has 0 fully saturated rings. The summed E-state index contributed by atoms with van der Waals surface area (Å²) in [5.74, 6) is -1.09. The summed E-state index contributed by atoms with van der Waals surface area (Å²) in [6, 6.07) is 2.47. The second kappa shape index (κ2) is 3.68.